The Labute approximate surface area is 130 Å². The highest BCUT2D eigenvalue weighted by molar-refractivity contribution is 6.37. The molecule has 0 atom stereocenters. The highest BCUT2D eigenvalue weighted by Crippen LogP contribution is 2.29. The van der Waals surface area contributed by atoms with Crippen LogP contribution in [0.3, 0.4) is 0 Å². The van der Waals surface area contributed by atoms with Crippen molar-refractivity contribution in [2.45, 2.75) is 39.0 Å². The van der Waals surface area contributed by atoms with Crippen LogP contribution in [0.15, 0.2) is 6.07 Å². The molecule has 0 aliphatic heterocycles. The summed E-state index contributed by atoms with van der Waals surface area (Å²) < 4.78 is 0. The van der Waals surface area contributed by atoms with Crippen LogP contribution < -0.4 is 10.6 Å². The first kappa shape index (κ1) is 17.3. The highest BCUT2D eigenvalue weighted by atomic mass is 35.5. The molecule has 0 saturated heterocycles. The smallest absolute Gasteiger partial charge is 0.147 e. The van der Waals surface area contributed by atoms with Crippen molar-refractivity contribution in [2.75, 3.05) is 30.3 Å². The first-order chi connectivity index (χ1) is 9.69. The summed E-state index contributed by atoms with van der Waals surface area (Å²) >= 11 is 12.2. The molecule has 0 aliphatic carbocycles. The van der Waals surface area contributed by atoms with Crippen molar-refractivity contribution in [3.05, 3.63) is 16.1 Å². The number of hydrogen-bond donors (Lipinski definition) is 3. The van der Waals surface area contributed by atoms with Crippen LogP contribution in [0.25, 0.3) is 0 Å². The number of halogens is 2. The van der Waals surface area contributed by atoms with Crippen molar-refractivity contribution in [1.29, 1.82) is 0 Å². The van der Waals surface area contributed by atoms with Gasteiger partial charge >= 0.3 is 0 Å². The third kappa shape index (κ3) is 6.16. The molecule has 0 aromatic carbocycles. The van der Waals surface area contributed by atoms with E-state index in [4.69, 9.17) is 28.3 Å². The van der Waals surface area contributed by atoms with Gasteiger partial charge in [-0.3, -0.25) is 0 Å². The molecule has 114 valence electrons. The number of anilines is 2. The lowest BCUT2D eigenvalue weighted by Gasteiger charge is -2.12. The lowest BCUT2D eigenvalue weighted by atomic mass is 10.2. The summed E-state index contributed by atoms with van der Waals surface area (Å²) in [5.41, 5.74) is 0. The van der Waals surface area contributed by atoms with Crippen molar-refractivity contribution in [2.24, 2.45) is 0 Å². The minimum atomic E-state index is 0.268. The van der Waals surface area contributed by atoms with Crippen LogP contribution in [0, 0.1) is 0 Å². The topological polar surface area (TPSA) is 57.2 Å². The Hall–Kier alpha value is -0.710. The molecular weight excluding hydrogens is 297 g/mol. The summed E-state index contributed by atoms with van der Waals surface area (Å²) in [5.74, 6) is 1.33. The van der Waals surface area contributed by atoms with Gasteiger partial charge in [-0.25, -0.2) is 4.98 Å². The second kappa shape index (κ2) is 10.1. The largest absolute Gasteiger partial charge is 0.396 e. The quantitative estimate of drug-likeness (QED) is 0.566. The molecule has 0 aliphatic rings. The van der Waals surface area contributed by atoms with Crippen LogP contribution >= 0.6 is 23.2 Å². The Balaban J connectivity index is 2.47. The first-order valence-corrected chi connectivity index (χ1v) is 7.89. The highest BCUT2D eigenvalue weighted by Gasteiger charge is 2.08. The maximum Gasteiger partial charge on any atom is 0.147 e. The summed E-state index contributed by atoms with van der Waals surface area (Å²) in [6.45, 7) is 3.99. The van der Waals surface area contributed by atoms with Gasteiger partial charge in [-0.15, -0.1) is 0 Å². The number of unbranched alkanes of at least 4 members (excludes halogenated alkanes) is 3. The zero-order valence-corrected chi connectivity index (χ0v) is 13.4. The van der Waals surface area contributed by atoms with Crippen LogP contribution in [-0.2, 0) is 0 Å². The van der Waals surface area contributed by atoms with Crippen molar-refractivity contribution < 1.29 is 5.11 Å². The number of aliphatic hydroxyl groups excluding tert-OH is 1. The van der Waals surface area contributed by atoms with E-state index in [9.17, 15) is 0 Å². The molecule has 20 heavy (non-hydrogen) atoms. The number of hydrogen-bond acceptors (Lipinski definition) is 4. The molecule has 0 saturated carbocycles. The molecular formula is C14H23Cl2N3O. The molecule has 0 spiro atoms. The molecule has 0 bridgehead atoms. The van der Waals surface area contributed by atoms with Gasteiger partial charge in [0.2, 0.25) is 0 Å². The number of aliphatic hydroxyl groups is 1. The van der Waals surface area contributed by atoms with Crippen molar-refractivity contribution in [3.63, 3.8) is 0 Å². The second-order valence-corrected chi connectivity index (χ2v) is 5.46. The fourth-order valence-electron chi connectivity index (χ4n) is 1.76. The van der Waals surface area contributed by atoms with E-state index in [1.165, 1.54) is 0 Å². The molecule has 3 N–H and O–H groups in total. The van der Waals surface area contributed by atoms with E-state index in [-0.39, 0.29) is 6.61 Å². The Morgan fingerprint density at radius 1 is 1.00 bits per heavy atom. The Morgan fingerprint density at radius 2 is 1.60 bits per heavy atom. The molecule has 0 radical (unpaired) electrons. The van der Waals surface area contributed by atoms with Gasteiger partial charge < -0.3 is 15.7 Å². The molecule has 0 unspecified atom stereocenters. The average molecular weight is 320 g/mol. The van der Waals surface area contributed by atoms with Gasteiger partial charge in [0.05, 0.1) is 10.0 Å². The van der Waals surface area contributed by atoms with Gasteiger partial charge in [0, 0.05) is 19.7 Å². The Kier molecular flexibility index (Phi) is 8.74. The maximum absolute atomic E-state index is 8.70. The van der Waals surface area contributed by atoms with E-state index < -0.39 is 0 Å². The number of nitrogens with zero attached hydrogens (tertiary/aromatic N) is 1. The summed E-state index contributed by atoms with van der Waals surface area (Å²) in [6.07, 6.45) is 5.03. The van der Waals surface area contributed by atoms with E-state index in [1.807, 2.05) is 0 Å². The standard InChI is InChI=1S/C14H23Cl2N3O/c1-2-7-17-13-11(15)10-12(16)14(19-13)18-8-5-3-4-6-9-20/h10,20H,2-9H2,1H3,(H2,17,18,19). The van der Waals surface area contributed by atoms with E-state index in [0.29, 0.717) is 21.7 Å². The zero-order valence-electron chi connectivity index (χ0n) is 11.9. The van der Waals surface area contributed by atoms with Crippen LogP contribution in [0.2, 0.25) is 10.0 Å². The number of pyridine rings is 1. The summed E-state index contributed by atoms with van der Waals surface area (Å²) in [4.78, 5) is 4.42. The fraction of sp³-hybridized carbons (Fsp3) is 0.643. The lowest BCUT2D eigenvalue weighted by molar-refractivity contribution is 0.283. The number of nitrogens with one attached hydrogen (secondary N) is 2. The number of rotatable bonds is 10. The average Bonchev–Trinajstić information content (AvgIpc) is 2.43. The van der Waals surface area contributed by atoms with Crippen LogP contribution in [-0.4, -0.2) is 29.8 Å². The minimum absolute atomic E-state index is 0.268. The molecule has 1 aromatic heterocycles. The Bertz CT molecular complexity index is 402. The monoisotopic (exact) mass is 319 g/mol. The van der Waals surface area contributed by atoms with Gasteiger partial charge in [0.25, 0.3) is 0 Å². The maximum atomic E-state index is 8.70. The van der Waals surface area contributed by atoms with Gasteiger partial charge in [0.1, 0.15) is 11.6 Å². The minimum Gasteiger partial charge on any atom is -0.396 e. The van der Waals surface area contributed by atoms with Gasteiger partial charge in [-0.1, -0.05) is 43.0 Å². The SMILES string of the molecule is CCCNc1nc(NCCCCCCO)c(Cl)cc1Cl. The van der Waals surface area contributed by atoms with Crippen LogP contribution in [0.4, 0.5) is 11.6 Å². The first-order valence-electron chi connectivity index (χ1n) is 7.13. The molecule has 4 nitrogen and oxygen atoms in total. The van der Waals surface area contributed by atoms with E-state index in [2.05, 4.69) is 22.5 Å². The Morgan fingerprint density at radius 3 is 2.20 bits per heavy atom. The third-order valence-electron chi connectivity index (χ3n) is 2.85. The molecule has 0 amide bonds. The fourth-order valence-corrected chi connectivity index (χ4v) is 2.25. The summed E-state index contributed by atoms with van der Waals surface area (Å²) in [7, 11) is 0. The molecule has 1 rings (SSSR count). The van der Waals surface area contributed by atoms with Gasteiger partial charge in [0.15, 0.2) is 0 Å². The van der Waals surface area contributed by atoms with Crippen molar-refractivity contribution in [3.8, 4) is 0 Å². The predicted octanol–water partition coefficient (Wildman–Crippen LogP) is 4.17. The van der Waals surface area contributed by atoms with Crippen LogP contribution in [0.5, 0.6) is 0 Å². The zero-order chi connectivity index (χ0) is 14.8. The summed E-state index contributed by atoms with van der Waals surface area (Å²) in [6, 6.07) is 1.71. The summed E-state index contributed by atoms with van der Waals surface area (Å²) in [5, 5.41) is 16.2. The van der Waals surface area contributed by atoms with Crippen molar-refractivity contribution >= 4 is 34.8 Å². The normalized spacial score (nSPS) is 10.6. The molecule has 1 aromatic rings. The predicted molar refractivity (Wildman–Crippen MR) is 87.1 cm³/mol. The van der Waals surface area contributed by atoms with E-state index in [1.54, 1.807) is 6.07 Å². The molecule has 6 heteroatoms. The molecule has 1 heterocycles. The van der Waals surface area contributed by atoms with E-state index >= 15 is 0 Å². The van der Waals surface area contributed by atoms with Crippen LogP contribution in [0.1, 0.15) is 39.0 Å². The third-order valence-corrected chi connectivity index (χ3v) is 3.43. The van der Waals surface area contributed by atoms with Gasteiger partial charge in [-0.2, -0.15) is 0 Å². The van der Waals surface area contributed by atoms with Crippen molar-refractivity contribution in [1.82, 2.24) is 4.98 Å². The number of aromatic nitrogens is 1. The molecule has 0 fully saturated rings. The van der Waals surface area contributed by atoms with E-state index in [0.717, 1.165) is 45.2 Å². The lowest BCUT2D eigenvalue weighted by Crippen LogP contribution is -2.08. The second-order valence-electron chi connectivity index (χ2n) is 4.64. The van der Waals surface area contributed by atoms with Gasteiger partial charge in [-0.05, 0) is 25.3 Å².